The van der Waals surface area contributed by atoms with Gasteiger partial charge in [0.2, 0.25) is 6.79 Å². The molecule has 4 aromatic rings. The van der Waals surface area contributed by atoms with Gasteiger partial charge < -0.3 is 14.4 Å². The first-order chi connectivity index (χ1) is 15.3. The number of anilines is 1. The van der Waals surface area contributed by atoms with E-state index >= 15 is 0 Å². The molecule has 0 spiro atoms. The van der Waals surface area contributed by atoms with Crippen molar-refractivity contribution in [2.75, 3.05) is 18.2 Å². The molecular weight excluding hydrogens is 406 g/mol. The maximum atomic E-state index is 5.60. The number of rotatable bonds is 7. The number of hydrogen-bond acceptors (Lipinski definition) is 6. The van der Waals surface area contributed by atoms with Crippen LogP contribution in [0, 0.1) is 0 Å². The number of hydrogen-bond donors (Lipinski definition) is 0. The van der Waals surface area contributed by atoms with Gasteiger partial charge in [-0.15, -0.1) is 11.3 Å². The van der Waals surface area contributed by atoms with Crippen molar-refractivity contribution in [3.63, 3.8) is 0 Å². The third kappa shape index (κ3) is 4.15. The van der Waals surface area contributed by atoms with Crippen molar-refractivity contribution in [2.45, 2.75) is 6.54 Å². The van der Waals surface area contributed by atoms with Crippen LogP contribution in [0.25, 0.3) is 26.7 Å². The Morgan fingerprint density at radius 2 is 1.94 bits per heavy atom. The summed E-state index contributed by atoms with van der Waals surface area (Å²) in [5.41, 5.74) is 4.38. The highest BCUT2D eigenvalue weighted by molar-refractivity contribution is 7.22. The van der Waals surface area contributed by atoms with Crippen LogP contribution in [0.5, 0.6) is 0 Å². The van der Waals surface area contributed by atoms with Crippen LogP contribution in [0.3, 0.4) is 0 Å². The van der Waals surface area contributed by atoms with E-state index in [0.717, 1.165) is 37.8 Å². The summed E-state index contributed by atoms with van der Waals surface area (Å²) >= 11 is 1.70. The number of ether oxygens (including phenoxy) is 2. The Morgan fingerprint density at radius 3 is 2.74 bits per heavy atom. The topological polar surface area (TPSA) is 47.5 Å². The highest BCUT2D eigenvalue weighted by Gasteiger charge is 2.20. The Balaban J connectivity index is 1.56. The summed E-state index contributed by atoms with van der Waals surface area (Å²) in [7, 11) is 0. The van der Waals surface area contributed by atoms with E-state index in [1.54, 1.807) is 23.9 Å². The van der Waals surface area contributed by atoms with E-state index < -0.39 is 0 Å². The van der Waals surface area contributed by atoms with Gasteiger partial charge in [-0.1, -0.05) is 61.2 Å². The quantitative estimate of drug-likeness (QED) is 0.370. The molecule has 1 aliphatic heterocycles. The van der Waals surface area contributed by atoms with Crippen LogP contribution >= 0.6 is 11.3 Å². The highest BCUT2D eigenvalue weighted by Crippen LogP contribution is 2.38. The highest BCUT2D eigenvalue weighted by atomic mass is 32.1. The van der Waals surface area contributed by atoms with Crippen LogP contribution in [-0.2, 0) is 16.0 Å². The molecule has 6 heteroatoms. The van der Waals surface area contributed by atoms with Crippen molar-refractivity contribution < 1.29 is 9.47 Å². The largest absolute Gasteiger partial charge is 0.462 e. The predicted molar refractivity (Wildman–Crippen MR) is 126 cm³/mol. The molecular formula is C25H21N3O2S. The second kappa shape index (κ2) is 8.62. The number of fused-ring (bicyclic) bond motifs is 1. The fraction of sp³-hybridized carbons (Fsp3) is 0.120. The maximum Gasteiger partial charge on any atom is 0.229 e. The third-order valence-electron chi connectivity index (χ3n) is 5.09. The summed E-state index contributed by atoms with van der Waals surface area (Å²) in [5, 5.41) is 0. The van der Waals surface area contributed by atoms with Crippen LogP contribution in [0.15, 0.2) is 85.6 Å². The van der Waals surface area contributed by atoms with Gasteiger partial charge in [0.25, 0.3) is 0 Å². The second-order valence-electron chi connectivity index (χ2n) is 7.21. The molecule has 0 fully saturated rings. The zero-order valence-corrected chi connectivity index (χ0v) is 17.7. The average Bonchev–Trinajstić information content (AvgIpc) is 3.49. The van der Waals surface area contributed by atoms with Crippen LogP contribution < -0.4 is 4.90 Å². The second-order valence-corrected chi connectivity index (χ2v) is 8.26. The lowest BCUT2D eigenvalue weighted by atomic mass is 10.1. The van der Waals surface area contributed by atoms with Crippen molar-refractivity contribution >= 4 is 33.4 Å². The third-order valence-corrected chi connectivity index (χ3v) is 6.26. The van der Waals surface area contributed by atoms with E-state index in [2.05, 4.69) is 57.8 Å². The Hall–Kier alpha value is -3.64. The van der Waals surface area contributed by atoms with Gasteiger partial charge >= 0.3 is 0 Å². The molecule has 154 valence electrons. The van der Waals surface area contributed by atoms with Crippen molar-refractivity contribution in [2.24, 2.45) is 0 Å². The van der Waals surface area contributed by atoms with E-state index in [1.165, 1.54) is 5.56 Å². The molecule has 1 aliphatic rings. The van der Waals surface area contributed by atoms with E-state index in [0.29, 0.717) is 13.1 Å². The molecule has 2 aromatic heterocycles. The molecule has 0 saturated heterocycles. The fourth-order valence-electron chi connectivity index (χ4n) is 3.58. The van der Waals surface area contributed by atoms with E-state index in [1.807, 2.05) is 30.3 Å². The van der Waals surface area contributed by atoms with Gasteiger partial charge in [0, 0.05) is 11.4 Å². The van der Waals surface area contributed by atoms with Crippen molar-refractivity contribution in [1.29, 1.82) is 0 Å². The molecule has 3 heterocycles. The number of aromatic nitrogens is 2. The van der Waals surface area contributed by atoms with Crippen LogP contribution in [0.1, 0.15) is 11.1 Å². The Morgan fingerprint density at radius 1 is 1.03 bits per heavy atom. The molecule has 2 aromatic carbocycles. The molecule has 0 unspecified atom stereocenters. The van der Waals surface area contributed by atoms with Crippen molar-refractivity contribution in [1.82, 2.24) is 9.97 Å². The van der Waals surface area contributed by atoms with Gasteiger partial charge in [0.1, 0.15) is 12.6 Å². The minimum atomic E-state index is 0.260. The fourth-order valence-corrected chi connectivity index (χ4v) is 4.70. The predicted octanol–water partition coefficient (Wildman–Crippen LogP) is 5.85. The molecule has 0 atom stereocenters. The lowest BCUT2D eigenvalue weighted by Gasteiger charge is -2.24. The van der Waals surface area contributed by atoms with Crippen LogP contribution in [0.2, 0.25) is 0 Å². The van der Waals surface area contributed by atoms with E-state index in [9.17, 15) is 0 Å². The first kappa shape index (κ1) is 19.3. The number of benzene rings is 2. The standard InChI is InChI=1S/C25H21N3O2S/c1-2-18-9-6-10-20(11-18)23-12-22-24(31-23)25(27-16-26-22)28(14-21-15-29-17-30-21)13-19-7-4-3-5-8-19/h2-12,15-16H,1,13-14,17H2. The Kier molecular flexibility index (Phi) is 5.37. The summed E-state index contributed by atoms with van der Waals surface area (Å²) in [6.45, 7) is 5.41. The first-order valence-electron chi connectivity index (χ1n) is 10.00. The lowest BCUT2D eigenvalue weighted by molar-refractivity contribution is 0.0797. The summed E-state index contributed by atoms with van der Waals surface area (Å²) < 4.78 is 11.9. The normalized spacial score (nSPS) is 12.8. The molecule has 0 radical (unpaired) electrons. The Bertz CT molecular complexity index is 1250. The molecule has 0 saturated carbocycles. The summed E-state index contributed by atoms with van der Waals surface area (Å²) in [4.78, 5) is 12.6. The summed E-state index contributed by atoms with van der Waals surface area (Å²) in [6, 6.07) is 20.8. The number of thiophene rings is 1. The summed E-state index contributed by atoms with van der Waals surface area (Å²) in [6.07, 6.45) is 5.17. The molecule has 0 bridgehead atoms. The van der Waals surface area contributed by atoms with Crippen LogP contribution in [0.4, 0.5) is 5.82 Å². The van der Waals surface area contributed by atoms with E-state index in [-0.39, 0.29) is 6.79 Å². The van der Waals surface area contributed by atoms with Gasteiger partial charge in [-0.05, 0) is 28.8 Å². The smallest absolute Gasteiger partial charge is 0.229 e. The first-order valence-corrected chi connectivity index (χ1v) is 10.8. The molecule has 5 rings (SSSR count). The van der Waals surface area contributed by atoms with Crippen molar-refractivity contribution in [3.05, 3.63) is 96.7 Å². The minimum Gasteiger partial charge on any atom is -0.462 e. The van der Waals surface area contributed by atoms with Gasteiger partial charge in [0.05, 0.1) is 16.8 Å². The zero-order chi connectivity index (χ0) is 21.0. The SMILES string of the molecule is C=Cc1cccc(-c2cc3ncnc(N(CC4=COCO4)Cc4ccccc4)c3s2)c1. The molecule has 0 amide bonds. The van der Waals surface area contributed by atoms with Gasteiger partial charge in [-0.25, -0.2) is 9.97 Å². The monoisotopic (exact) mass is 427 g/mol. The van der Waals surface area contributed by atoms with Crippen LogP contribution in [-0.4, -0.2) is 23.3 Å². The zero-order valence-electron chi connectivity index (χ0n) is 16.9. The van der Waals surface area contributed by atoms with E-state index in [4.69, 9.17) is 9.47 Å². The van der Waals surface area contributed by atoms with Gasteiger partial charge in [0.15, 0.2) is 11.6 Å². The molecule has 5 nitrogen and oxygen atoms in total. The molecule has 0 N–H and O–H groups in total. The lowest BCUT2D eigenvalue weighted by Crippen LogP contribution is -2.26. The molecule has 31 heavy (non-hydrogen) atoms. The van der Waals surface area contributed by atoms with Gasteiger partial charge in [-0.3, -0.25) is 0 Å². The maximum absolute atomic E-state index is 5.60. The summed E-state index contributed by atoms with van der Waals surface area (Å²) in [5.74, 6) is 1.68. The number of nitrogens with zero attached hydrogens (tertiary/aromatic N) is 3. The average molecular weight is 428 g/mol. The molecule has 0 aliphatic carbocycles. The van der Waals surface area contributed by atoms with Crippen molar-refractivity contribution in [3.8, 4) is 10.4 Å². The minimum absolute atomic E-state index is 0.260. The Labute approximate surface area is 184 Å². The van der Waals surface area contributed by atoms with Gasteiger partial charge in [-0.2, -0.15) is 0 Å².